The van der Waals surface area contributed by atoms with Gasteiger partial charge < -0.3 is 15.2 Å². The Hall–Kier alpha value is -2.63. The van der Waals surface area contributed by atoms with E-state index in [-0.39, 0.29) is 5.91 Å². The zero-order valence-electron chi connectivity index (χ0n) is 16.2. The normalized spacial score (nSPS) is 11.2. The molecule has 1 amide bonds. The maximum atomic E-state index is 12.8. The quantitative estimate of drug-likeness (QED) is 0.626. The number of hydrogen-bond acceptors (Lipinski definition) is 3. The van der Waals surface area contributed by atoms with Gasteiger partial charge in [-0.15, -0.1) is 0 Å². The van der Waals surface area contributed by atoms with Crippen LogP contribution in [0.25, 0.3) is 10.9 Å². The third kappa shape index (κ3) is 4.43. The molecule has 0 bridgehead atoms. The van der Waals surface area contributed by atoms with E-state index in [1.807, 2.05) is 30.6 Å². The van der Waals surface area contributed by atoms with Crippen molar-refractivity contribution in [2.45, 2.75) is 20.4 Å². The summed E-state index contributed by atoms with van der Waals surface area (Å²) in [7, 11) is 1.79. The van der Waals surface area contributed by atoms with E-state index in [1.54, 1.807) is 29.8 Å². The van der Waals surface area contributed by atoms with Crippen molar-refractivity contribution < 1.29 is 9.59 Å². The smallest absolute Gasteiger partial charge is 0.257 e. The zero-order valence-corrected chi connectivity index (χ0v) is 16.9. The molecule has 0 atom stereocenters. The number of aryl methyl sites for hydroxylation is 1. The molecule has 0 unspecified atom stereocenters. The minimum atomic E-state index is -0.272. The van der Waals surface area contributed by atoms with Gasteiger partial charge in [-0.05, 0) is 48.4 Å². The maximum Gasteiger partial charge on any atom is 0.257 e. The minimum Gasteiger partial charge on any atom is -0.341 e. The van der Waals surface area contributed by atoms with Gasteiger partial charge in [0.2, 0.25) is 0 Å². The zero-order chi connectivity index (χ0) is 20.3. The summed E-state index contributed by atoms with van der Waals surface area (Å²) in [5, 5.41) is 7.57. The molecule has 145 valence electrons. The molecule has 0 saturated carbocycles. The van der Waals surface area contributed by atoms with Gasteiger partial charge in [0.1, 0.15) is 0 Å². The third-order valence-corrected chi connectivity index (χ3v) is 4.89. The monoisotopic (exact) mass is 396 g/mol. The summed E-state index contributed by atoms with van der Waals surface area (Å²) >= 11 is 6.26. The molecule has 28 heavy (non-hydrogen) atoms. The van der Waals surface area contributed by atoms with Crippen LogP contribution in [0.15, 0.2) is 42.5 Å². The average molecular weight is 397 g/mol. The topological polar surface area (TPSA) is 63.1 Å². The number of hydrogen-bond donors (Lipinski definition) is 2. The number of benzene rings is 2. The van der Waals surface area contributed by atoms with Crippen molar-refractivity contribution in [1.82, 2.24) is 9.88 Å². The Labute approximate surface area is 169 Å². The first kappa shape index (κ1) is 20.1. The van der Waals surface area contributed by atoms with E-state index in [0.29, 0.717) is 34.4 Å². The Morgan fingerprint density at radius 2 is 1.96 bits per heavy atom. The van der Waals surface area contributed by atoms with Gasteiger partial charge in [-0.1, -0.05) is 37.6 Å². The fraction of sp³-hybridized carbons (Fsp3) is 0.273. The second kappa shape index (κ2) is 8.59. The maximum absolute atomic E-state index is 12.8. The number of carbonyl (C=O) groups is 1. The second-order valence-electron chi connectivity index (χ2n) is 7.26. The van der Waals surface area contributed by atoms with E-state index < -0.39 is 0 Å². The van der Waals surface area contributed by atoms with Crippen LogP contribution in [-0.2, 0) is 18.4 Å². The molecule has 5 nitrogen and oxygen atoms in total. The molecule has 1 radical (unpaired) electrons. The van der Waals surface area contributed by atoms with Crippen molar-refractivity contribution in [3.8, 4) is 0 Å². The largest absolute Gasteiger partial charge is 0.341 e. The Balaban J connectivity index is 1.79. The highest BCUT2D eigenvalue weighted by Crippen LogP contribution is 2.24. The van der Waals surface area contributed by atoms with Crippen molar-refractivity contribution in [2.24, 2.45) is 13.0 Å². The van der Waals surface area contributed by atoms with Crippen LogP contribution in [-0.4, -0.2) is 23.3 Å². The third-order valence-electron chi connectivity index (χ3n) is 4.56. The number of amides is 1. The van der Waals surface area contributed by atoms with Gasteiger partial charge in [-0.25, -0.2) is 0 Å². The highest BCUT2D eigenvalue weighted by Gasteiger charge is 2.13. The van der Waals surface area contributed by atoms with Crippen LogP contribution in [0, 0.1) is 5.92 Å². The fourth-order valence-electron chi connectivity index (χ4n) is 3.07. The predicted octanol–water partition coefficient (Wildman–Crippen LogP) is 4.29. The molecule has 0 spiro atoms. The second-order valence-corrected chi connectivity index (χ2v) is 7.66. The average Bonchev–Trinajstić information content (AvgIpc) is 2.98. The summed E-state index contributed by atoms with van der Waals surface area (Å²) in [4.78, 5) is 23.8. The molecule has 0 aliphatic carbocycles. The Bertz CT molecular complexity index is 1020. The van der Waals surface area contributed by atoms with Crippen molar-refractivity contribution in [3.05, 3.63) is 64.3 Å². The predicted molar refractivity (Wildman–Crippen MR) is 114 cm³/mol. The number of halogens is 1. The van der Waals surface area contributed by atoms with Crippen LogP contribution in [0.2, 0.25) is 5.02 Å². The van der Waals surface area contributed by atoms with Crippen molar-refractivity contribution in [3.63, 3.8) is 0 Å². The molecule has 3 rings (SSSR count). The van der Waals surface area contributed by atoms with Crippen LogP contribution in [0.1, 0.15) is 35.5 Å². The van der Waals surface area contributed by atoms with E-state index in [9.17, 15) is 9.59 Å². The number of anilines is 1. The van der Waals surface area contributed by atoms with Gasteiger partial charge in [0.25, 0.3) is 12.2 Å². The molecule has 0 saturated heterocycles. The highest BCUT2D eigenvalue weighted by molar-refractivity contribution is 6.34. The number of fused-ring (bicyclic) bond motifs is 1. The van der Waals surface area contributed by atoms with Crippen molar-refractivity contribution >= 4 is 40.4 Å². The summed E-state index contributed by atoms with van der Waals surface area (Å²) in [5.41, 5.74) is 3.37. The minimum absolute atomic E-state index is 0.272. The molecule has 0 aliphatic heterocycles. The molecule has 2 aromatic carbocycles. The van der Waals surface area contributed by atoms with E-state index >= 15 is 0 Å². The van der Waals surface area contributed by atoms with E-state index in [0.717, 1.165) is 23.0 Å². The van der Waals surface area contributed by atoms with Crippen molar-refractivity contribution in [1.29, 1.82) is 0 Å². The van der Waals surface area contributed by atoms with Gasteiger partial charge in [0.15, 0.2) is 0 Å². The molecule has 2 N–H and O–H groups in total. The number of nitrogens with one attached hydrogen (secondary N) is 2. The molecule has 0 aliphatic rings. The molecular formula is C22H23ClN3O2. The van der Waals surface area contributed by atoms with Crippen LogP contribution < -0.4 is 10.6 Å². The molecule has 1 heterocycles. The SMILES string of the molecule is CC(C)CNCc1ccc(Cl)c(C(=O)Nc2ccc3cc([C]=O)n(C)c3c2)c1. The molecule has 0 fully saturated rings. The van der Waals surface area contributed by atoms with Gasteiger partial charge in [0, 0.05) is 24.7 Å². The van der Waals surface area contributed by atoms with E-state index in [1.165, 1.54) is 0 Å². The Kier molecular flexibility index (Phi) is 6.17. The molecule has 1 aromatic heterocycles. The van der Waals surface area contributed by atoms with Crippen molar-refractivity contribution in [2.75, 3.05) is 11.9 Å². The standard InChI is InChI=1S/C22H23ClN3O2/c1-14(2)11-24-12-15-4-7-20(23)19(8-15)22(28)25-17-6-5-16-9-18(13-27)26(3)21(16)10-17/h4-10,14,24H,11-12H2,1-3H3,(H,25,28). The lowest BCUT2D eigenvalue weighted by molar-refractivity contribution is 0.102. The first-order chi connectivity index (χ1) is 13.4. The first-order valence-corrected chi connectivity index (χ1v) is 9.55. The summed E-state index contributed by atoms with van der Waals surface area (Å²) in [5.74, 6) is 0.284. The number of nitrogens with zero attached hydrogens (tertiary/aromatic N) is 1. The Morgan fingerprint density at radius 3 is 2.68 bits per heavy atom. The highest BCUT2D eigenvalue weighted by atomic mass is 35.5. The lowest BCUT2D eigenvalue weighted by atomic mass is 10.1. The summed E-state index contributed by atoms with van der Waals surface area (Å²) in [6.07, 6.45) is 1.91. The van der Waals surface area contributed by atoms with Gasteiger partial charge in [0.05, 0.1) is 21.8 Å². The fourth-order valence-corrected chi connectivity index (χ4v) is 3.27. The summed E-state index contributed by atoms with van der Waals surface area (Å²) in [6.45, 7) is 5.87. The van der Waals surface area contributed by atoms with E-state index in [4.69, 9.17) is 11.6 Å². The lowest BCUT2D eigenvalue weighted by Gasteiger charge is -2.11. The van der Waals surface area contributed by atoms with Gasteiger partial charge >= 0.3 is 0 Å². The summed E-state index contributed by atoms with van der Waals surface area (Å²) < 4.78 is 1.74. The van der Waals surface area contributed by atoms with Gasteiger partial charge in [-0.2, -0.15) is 0 Å². The van der Waals surface area contributed by atoms with Gasteiger partial charge in [-0.3, -0.25) is 9.59 Å². The number of rotatable bonds is 7. The summed E-state index contributed by atoms with van der Waals surface area (Å²) in [6, 6.07) is 12.7. The molecule has 3 aromatic rings. The van der Waals surface area contributed by atoms with Crippen LogP contribution >= 0.6 is 11.6 Å². The van der Waals surface area contributed by atoms with Crippen LogP contribution in [0.3, 0.4) is 0 Å². The van der Waals surface area contributed by atoms with E-state index in [2.05, 4.69) is 24.5 Å². The first-order valence-electron chi connectivity index (χ1n) is 9.17. The van der Waals surface area contributed by atoms with Crippen LogP contribution in [0.4, 0.5) is 5.69 Å². The number of aromatic nitrogens is 1. The molecular weight excluding hydrogens is 374 g/mol. The lowest BCUT2D eigenvalue weighted by Crippen LogP contribution is -2.19. The number of carbonyl (C=O) groups excluding carboxylic acids is 2. The Morgan fingerprint density at radius 1 is 1.18 bits per heavy atom. The van der Waals surface area contributed by atoms with Crippen LogP contribution in [0.5, 0.6) is 0 Å². The molecule has 6 heteroatoms.